The molecule has 120 valence electrons. The summed E-state index contributed by atoms with van der Waals surface area (Å²) >= 11 is 5.19. The molecule has 0 saturated heterocycles. The Morgan fingerprint density at radius 2 is 2.09 bits per heavy atom. The fourth-order valence-electron chi connectivity index (χ4n) is 2.60. The maximum atomic E-state index is 11.9. The molecule has 5 N–H and O–H groups in total. The Balaban J connectivity index is 2.69. The Labute approximate surface area is 138 Å². The van der Waals surface area contributed by atoms with Crippen LogP contribution < -0.4 is 26.3 Å². The summed E-state index contributed by atoms with van der Waals surface area (Å²) in [5, 5.41) is 12.1. The van der Waals surface area contributed by atoms with Gasteiger partial charge in [0.15, 0.2) is 0 Å². The molecule has 0 spiro atoms. The van der Waals surface area contributed by atoms with E-state index in [1.807, 2.05) is 6.07 Å². The number of primary amides is 1. The quantitative estimate of drug-likeness (QED) is 0.686. The van der Waals surface area contributed by atoms with Gasteiger partial charge in [-0.25, -0.2) is 0 Å². The van der Waals surface area contributed by atoms with Crippen molar-refractivity contribution >= 4 is 23.1 Å². The van der Waals surface area contributed by atoms with Gasteiger partial charge in [-0.2, -0.15) is 5.26 Å². The van der Waals surface area contributed by atoms with Gasteiger partial charge in [0.25, 0.3) is 0 Å². The predicted octanol–water partition coefficient (Wildman–Crippen LogP) is 0.513. The number of hydrogen-bond donors (Lipinski definition) is 3. The Kier molecular flexibility index (Phi) is 4.71. The third-order valence-corrected chi connectivity index (χ3v) is 4.03. The number of methoxy groups -OCH3 is 2. The molecule has 1 aromatic carbocycles. The third kappa shape index (κ3) is 2.91. The first-order valence-corrected chi connectivity index (χ1v) is 7.07. The van der Waals surface area contributed by atoms with Crippen molar-refractivity contribution in [3.63, 3.8) is 0 Å². The molecule has 0 aliphatic carbocycles. The lowest BCUT2D eigenvalue weighted by molar-refractivity contribution is -0.120. The molecule has 0 fully saturated rings. The number of thiocarbonyl (C=S) groups is 1. The first-order valence-electron chi connectivity index (χ1n) is 6.66. The topological polar surface area (TPSA) is 123 Å². The van der Waals surface area contributed by atoms with Gasteiger partial charge in [-0.15, -0.1) is 0 Å². The van der Waals surface area contributed by atoms with Gasteiger partial charge in [0.1, 0.15) is 23.2 Å². The smallest absolute Gasteiger partial charge is 0.228 e. The molecule has 1 amide bonds. The summed E-state index contributed by atoms with van der Waals surface area (Å²) in [7, 11) is 3.01. The largest absolute Gasteiger partial charge is 0.497 e. The summed E-state index contributed by atoms with van der Waals surface area (Å²) in [5.74, 6) is -1.12. The molecule has 8 heteroatoms. The number of carbonyl (C=O) groups excluding carboxylic acids is 1. The molecule has 0 radical (unpaired) electrons. The van der Waals surface area contributed by atoms with Gasteiger partial charge in [0, 0.05) is 17.5 Å². The van der Waals surface area contributed by atoms with Gasteiger partial charge in [-0.3, -0.25) is 4.79 Å². The molecular formula is C15H16N4O3S. The van der Waals surface area contributed by atoms with Gasteiger partial charge in [-0.05, 0) is 6.07 Å². The zero-order chi connectivity index (χ0) is 17.1. The van der Waals surface area contributed by atoms with Crippen LogP contribution in [-0.2, 0) is 4.79 Å². The molecule has 2 atom stereocenters. The number of ether oxygens (including phenoxy) is 2. The Bertz CT molecular complexity index is 739. The van der Waals surface area contributed by atoms with Crippen LogP contribution in [0.1, 0.15) is 11.5 Å². The third-order valence-electron chi connectivity index (χ3n) is 3.68. The van der Waals surface area contributed by atoms with Crippen molar-refractivity contribution in [3.8, 4) is 17.6 Å². The summed E-state index contributed by atoms with van der Waals surface area (Å²) in [6.45, 7) is 0. The molecule has 1 aliphatic heterocycles. The second-order valence-corrected chi connectivity index (χ2v) is 5.33. The van der Waals surface area contributed by atoms with Crippen LogP contribution in [0.15, 0.2) is 29.6 Å². The number of amides is 1. The second kappa shape index (κ2) is 6.54. The first kappa shape index (κ1) is 16.6. The number of carbonyl (C=O) groups is 1. The number of hydrogen-bond acceptors (Lipinski definition) is 6. The molecule has 2 rings (SSSR count). The number of allylic oxidation sites excluding steroid dienone is 1. The van der Waals surface area contributed by atoms with E-state index in [2.05, 4.69) is 5.32 Å². The molecule has 0 aromatic heterocycles. The highest BCUT2D eigenvalue weighted by Gasteiger charge is 2.41. The maximum absolute atomic E-state index is 11.9. The predicted molar refractivity (Wildman–Crippen MR) is 87.5 cm³/mol. The summed E-state index contributed by atoms with van der Waals surface area (Å²) in [6.07, 6.45) is 0. The van der Waals surface area contributed by atoms with Crippen LogP contribution in [0.4, 0.5) is 0 Å². The molecular weight excluding hydrogens is 316 g/mol. The first-order chi connectivity index (χ1) is 10.9. The summed E-state index contributed by atoms with van der Waals surface area (Å²) in [5.41, 5.74) is 12.1. The minimum Gasteiger partial charge on any atom is -0.497 e. The van der Waals surface area contributed by atoms with Crippen LogP contribution in [0, 0.1) is 17.2 Å². The Morgan fingerprint density at radius 1 is 1.39 bits per heavy atom. The van der Waals surface area contributed by atoms with Crippen molar-refractivity contribution in [2.75, 3.05) is 14.2 Å². The Hall–Kier alpha value is -2.79. The number of nitrogens with one attached hydrogen (secondary N) is 1. The van der Waals surface area contributed by atoms with E-state index in [4.69, 9.17) is 33.2 Å². The highest BCUT2D eigenvalue weighted by atomic mass is 32.1. The molecule has 1 aromatic rings. The molecule has 0 saturated carbocycles. The minimum absolute atomic E-state index is 0.109. The molecule has 0 unspecified atom stereocenters. The summed E-state index contributed by atoms with van der Waals surface area (Å²) in [4.78, 5) is 12.1. The van der Waals surface area contributed by atoms with Crippen LogP contribution >= 0.6 is 12.2 Å². The van der Waals surface area contributed by atoms with Crippen molar-refractivity contribution < 1.29 is 14.3 Å². The molecule has 0 bridgehead atoms. The van der Waals surface area contributed by atoms with E-state index in [1.54, 1.807) is 18.2 Å². The molecule has 7 nitrogen and oxygen atoms in total. The standard InChI is InChI=1S/C15H16N4O3S/c1-21-7-3-4-8(10(5-7)22-2)11-9(6-16)13(17)19-15(23)12(11)14(18)20/h3-5,11-12H,17H2,1-2H3,(H2,18,20)(H,19,23)/t11-,12+/m1/s1. The normalized spacial score (nSPS) is 20.5. The van der Waals surface area contributed by atoms with Gasteiger partial charge in [0.05, 0.1) is 30.9 Å². The van der Waals surface area contributed by atoms with E-state index in [0.29, 0.717) is 17.1 Å². The number of benzene rings is 1. The van der Waals surface area contributed by atoms with E-state index in [0.717, 1.165) is 0 Å². The van der Waals surface area contributed by atoms with E-state index < -0.39 is 17.7 Å². The van der Waals surface area contributed by atoms with E-state index in [9.17, 15) is 10.1 Å². The average molecular weight is 332 g/mol. The van der Waals surface area contributed by atoms with Crippen molar-refractivity contribution in [1.29, 1.82) is 5.26 Å². The SMILES string of the molecule is COc1ccc([C@@H]2C(C#N)=C(N)NC(=S)[C@@H]2C(N)=O)c(OC)c1. The average Bonchev–Trinajstić information content (AvgIpc) is 2.53. The van der Waals surface area contributed by atoms with Crippen molar-refractivity contribution in [1.82, 2.24) is 5.32 Å². The van der Waals surface area contributed by atoms with Crippen molar-refractivity contribution in [2.45, 2.75) is 5.92 Å². The van der Waals surface area contributed by atoms with E-state index >= 15 is 0 Å². The molecule has 1 aliphatic rings. The van der Waals surface area contributed by atoms with Gasteiger partial charge >= 0.3 is 0 Å². The van der Waals surface area contributed by atoms with Crippen LogP contribution in [0.25, 0.3) is 0 Å². The maximum Gasteiger partial charge on any atom is 0.228 e. The summed E-state index contributed by atoms with van der Waals surface area (Å²) in [6, 6.07) is 7.09. The molecule has 1 heterocycles. The molecule has 23 heavy (non-hydrogen) atoms. The lowest BCUT2D eigenvalue weighted by Crippen LogP contribution is -2.47. The number of nitrogens with zero attached hydrogens (tertiary/aromatic N) is 1. The lowest BCUT2D eigenvalue weighted by atomic mass is 9.77. The number of nitrogens with two attached hydrogens (primary N) is 2. The van der Waals surface area contributed by atoms with Crippen LogP contribution in [0.2, 0.25) is 0 Å². The van der Waals surface area contributed by atoms with Crippen molar-refractivity contribution in [3.05, 3.63) is 35.2 Å². The monoisotopic (exact) mass is 332 g/mol. The van der Waals surface area contributed by atoms with Crippen LogP contribution in [-0.4, -0.2) is 25.1 Å². The van der Waals surface area contributed by atoms with Crippen LogP contribution in [0.3, 0.4) is 0 Å². The lowest BCUT2D eigenvalue weighted by Gasteiger charge is -2.32. The fourth-order valence-corrected chi connectivity index (χ4v) is 2.96. The fraction of sp³-hybridized carbons (Fsp3) is 0.267. The number of nitriles is 1. The van der Waals surface area contributed by atoms with Gasteiger partial charge < -0.3 is 26.3 Å². The Morgan fingerprint density at radius 3 is 2.61 bits per heavy atom. The van der Waals surface area contributed by atoms with Crippen LogP contribution in [0.5, 0.6) is 11.5 Å². The minimum atomic E-state index is -0.894. The van der Waals surface area contributed by atoms with Crippen molar-refractivity contribution in [2.24, 2.45) is 17.4 Å². The highest BCUT2D eigenvalue weighted by Crippen LogP contribution is 2.41. The zero-order valence-electron chi connectivity index (χ0n) is 12.6. The number of rotatable bonds is 4. The second-order valence-electron chi connectivity index (χ2n) is 4.89. The van der Waals surface area contributed by atoms with Gasteiger partial charge in [-0.1, -0.05) is 18.3 Å². The van der Waals surface area contributed by atoms with Gasteiger partial charge in [0.2, 0.25) is 5.91 Å². The summed E-state index contributed by atoms with van der Waals surface area (Å²) < 4.78 is 10.5. The van der Waals surface area contributed by atoms with E-state index in [1.165, 1.54) is 14.2 Å². The zero-order valence-corrected chi connectivity index (χ0v) is 13.4. The highest BCUT2D eigenvalue weighted by molar-refractivity contribution is 7.80. The van der Waals surface area contributed by atoms with E-state index in [-0.39, 0.29) is 16.4 Å².